The molecule has 1 nitrogen and oxygen atoms in total. The van der Waals surface area contributed by atoms with E-state index < -0.39 is 0 Å². The molecule has 1 aromatic rings. The Bertz CT molecular complexity index is 321. The van der Waals surface area contributed by atoms with E-state index in [0.717, 1.165) is 4.90 Å². The van der Waals surface area contributed by atoms with Crippen LogP contribution in [0.15, 0.2) is 23.1 Å². The maximum Gasteiger partial charge on any atom is 0.147 e. The summed E-state index contributed by atoms with van der Waals surface area (Å²) in [6.45, 7) is 0. The minimum absolute atomic E-state index is 0.298. The Morgan fingerprint density at radius 1 is 1.29 bits per heavy atom. The van der Waals surface area contributed by atoms with Crippen molar-refractivity contribution in [3.8, 4) is 0 Å². The summed E-state index contributed by atoms with van der Waals surface area (Å²) in [5.41, 5.74) is 5.97. The molecule has 0 aromatic heterocycles. The Kier molecular flexibility index (Phi) is 2.96. The van der Waals surface area contributed by atoms with Gasteiger partial charge in [-0.3, -0.25) is 0 Å². The van der Waals surface area contributed by atoms with E-state index in [1.807, 2.05) is 6.07 Å². The number of hydrogen-bond acceptors (Lipinski definition) is 2. The van der Waals surface area contributed by atoms with Crippen LogP contribution in [0.25, 0.3) is 0 Å². The van der Waals surface area contributed by atoms with Crippen molar-refractivity contribution < 1.29 is 4.39 Å². The normalized spacial score (nSPS) is 17.5. The number of benzene rings is 1. The van der Waals surface area contributed by atoms with Crippen LogP contribution in [0.5, 0.6) is 0 Å². The van der Waals surface area contributed by atoms with Crippen LogP contribution in [0.1, 0.15) is 25.7 Å². The smallest absolute Gasteiger partial charge is 0.147 e. The quantitative estimate of drug-likeness (QED) is 0.758. The van der Waals surface area contributed by atoms with Crippen LogP contribution in [0.4, 0.5) is 10.1 Å². The van der Waals surface area contributed by atoms with Crippen LogP contribution in [0, 0.1) is 5.82 Å². The summed E-state index contributed by atoms with van der Waals surface area (Å²) < 4.78 is 13.1. The van der Waals surface area contributed by atoms with Crippen LogP contribution in [-0.4, -0.2) is 5.25 Å². The van der Waals surface area contributed by atoms with Gasteiger partial charge >= 0.3 is 0 Å². The standard InChI is InChI=1S/C11H14FNS/c12-9-6-3-7-10(11(9)13)14-8-4-1-2-5-8/h3,6-8H,1-2,4-5,13H2. The summed E-state index contributed by atoms with van der Waals surface area (Å²) in [7, 11) is 0. The maximum atomic E-state index is 13.1. The van der Waals surface area contributed by atoms with Crippen molar-refractivity contribution in [2.75, 3.05) is 5.73 Å². The summed E-state index contributed by atoms with van der Waals surface area (Å²) >= 11 is 1.73. The van der Waals surface area contributed by atoms with E-state index in [0.29, 0.717) is 10.9 Å². The minimum atomic E-state index is -0.298. The summed E-state index contributed by atoms with van der Waals surface area (Å²) in [6.07, 6.45) is 5.07. The fourth-order valence-electron chi connectivity index (χ4n) is 1.81. The maximum absolute atomic E-state index is 13.1. The summed E-state index contributed by atoms with van der Waals surface area (Å²) in [6, 6.07) is 5.04. The molecule has 0 unspecified atom stereocenters. The molecule has 0 atom stereocenters. The average Bonchev–Trinajstić information content (AvgIpc) is 2.66. The summed E-state index contributed by atoms with van der Waals surface area (Å²) in [5, 5.41) is 0.638. The average molecular weight is 211 g/mol. The topological polar surface area (TPSA) is 26.0 Å². The molecule has 0 radical (unpaired) electrons. The molecule has 1 aliphatic carbocycles. The first-order chi connectivity index (χ1) is 6.77. The Morgan fingerprint density at radius 3 is 2.71 bits per heavy atom. The monoisotopic (exact) mass is 211 g/mol. The third kappa shape index (κ3) is 2.03. The molecular formula is C11H14FNS. The van der Waals surface area contributed by atoms with Crippen molar-refractivity contribution in [2.45, 2.75) is 35.8 Å². The van der Waals surface area contributed by atoms with E-state index in [-0.39, 0.29) is 5.82 Å². The lowest BCUT2D eigenvalue weighted by Crippen LogP contribution is -1.98. The third-order valence-corrected chi connectivity index (χ3v) is 4.02. The molecule has 0 bridgehead atoms. The number of nitrogens with two attached hydrogens (primary N) is 1. The molecule has 3 heteroatoms. The van der Waals surface area contributed by atoms with Gasteiger partial charge in [0.05, 0.1) is 5.69 Å². The fourth-order valence-corrected chi connectivity index (χ4v) is 3.12. The van der Waals surface area contributed by atoms with Gasteiger partial charge in [-0.25, -0.2) is 4.39 Å². The Balaban J connectivity index is 2.11. The highest BCUT2D eigenvalue weighted by Gasteiger charge is 2.17. The van der Waals surface area contributed by atoms with E-state index in [2.05, 4.69) is 0 Å². The van der Waals surface area contributed by atoms with E-state index >= 15 is 0 Å². The number of nitrogen functional groups attached to an aromatic ring is 1. The lowest BCUT2D eigenvalue weighted by Gasteiger charge is -2.10. The van der Waals surface area contributed by atoms with Crippen molar-refractivity contribution in [3.63, 3.8) is 0 Å². The highest BCUT2D eigenvalue weighted by Crippen LogP contribution is 2.37. The first kappa shape index (κ1) is 9.84. The second-order valence-corrected chi connectivity index (χ2v) is 5.02. The lowest BCUT2D eigenvalue weighted by molar-refractivity contribution is 0.629. The molecule has 0 aliphatic heterocycles. The van der Waals surface area contributed by atoms with Gasteiger partial charge in [-0.1, -0.05) is 18.9 Å². The van der Waals surface area contributed by atoms with E-state index in [1.54, 1.807) is 17.8 Å². The van der Waals surface area contributed by atoms with E-state index in [1.165, 1.54) is 31.7 Å². The predicted octanol–water partition coefficient (Wildman–Crippen LogP) is 3.44. The van der Waals surface area contributed by atoms with Crippen LogP contribution in [0.2, 0.25) is 0 Å². The van der Waals surface area contributed by atoms with Gasteiger partial charge in [-0.2, -0.15) is 0 Å². The van der Waals surface area contributed by atoms with E-state index in [9.17, 15) is 4.39 Å². The lowest BCUT2D eigenvalue weighted by atomic mass is 10.3. The highest BCUT2D eigenvalue weighted by molar-refractivity contribution is 8.00. The largest absolute Gasteiger partial charge is 0.395 e. The van der Waals surface area contributed by atoms with Gasteiger partial charge in [0.2, 0.25) is 0 Å². The van der Waals surface area contributed by atoms with Gasteiger partial charge in [0.15, 0.2) is 0 Å². The molecule has 1 fully saturated rings. The second kappa shape index (κ2) is 4.22. The van der Waals surface area contributed by atoms with Gasteiger partial charge in [0.1, 0.15) is 5.82 Å². The molecule has 1 saturated carbocycles. The van der Waals surface area contributed by atoms with Gasteiger partial charge in [0.25, 0.3) is 0 Å². The Hall–Kier alpha value is -0.700. The Morgan fingerprint density at radius 2 is 2.00 bits per heavy atom. The van der Waals surface area contributed by atoms with Crippen molar-refractivity contribution in [1.29, 1.82) is 0 Å². The number of para-hydroxylation sites is 1. The van der Waals surface area contributed by atoms with Gasteiger partial charge in [-0.15, -0.1) is 11.8 Å². The van der Waals surface area contributed by atoms with Crippen molar-refractivity contribution in [2.24, 2.45) is 0 Å². The molecule has 1 aliphatic rings. The first-order valence-electron chi connectivity index (χ1n) is 4.98. The zero-order valence-corrected chi connectivity index (χ0v) is 8.82. The van der Waals surface area contributed by atoms with Crippen molar-refractivity contribution >= 4 is 17.4 Å². The van der Waals surface area contributed by atoms with Crippen LogP contribution >= 0.6 is 11.8 Å². The highest BCUT2D eigenvalue weighted by atomic mass is 32.2. The van der Waals surface area contributed by atoms with Gasteiger partial charge in [-0.05, 0) is 25.0 Å². The predicted molar refractivity (Wildman–Crippen MR) is 58.9 cm³/mol. The van der Waals surface area contributed by atoms with Crippen LogP contribution in [0.3, 0.4) is 0 Å². The molecule has 2 rings (SSSR count). The number of halogens is 1. The fraction of sp³-hybridized carbons (Fsp3) is 0.455. The zero-order chi connectivity index (χ0) is 9.97. The number of thioether (sulfide) groups is 1. The van der Waals surface area contributed by atoms with Crippen LogP contribution < -0.4 is 5.73 Å². The summed E-state index contributed by atoms with van der Waals surface area (Å²) in [5.74, 6) is -0.298. The minimum Gasteiger partial charge on any atom is -0.395 e. The molecule has 0 heterocycles. The number of hydrogen-bond donors (Lipinski definition) is 1. The first-order valence-corrected chi connectivity index (χ1v) is 5.86. The molecule has 0 saturated heterocycles. The summed E-state index contributed by atoms with van der Waals surface area (Å²) in [4.78, 5) is 0.900. The Labute approximate surface area is 87.9 Å². The number of rotatable bonds is 2. The van der Waals surface area contributed by atoms with Crippen LogP contribution in [-0.2, 0) is 0 Å². The number of anilines is 1. The van der Waals surface area contributed by atoms with Crippen molar-refractivity contribution in [1.82, 2.24) is 0 Å². The molecule has 0 spiro atoms. The molecule has 2 N–H and O–H groups in total. The molecule has 1 aromatic carbocycles. The molecule has 0 amide bonds. The molecule has 76 valence electrons. The van der Waals surface area contributed by atoms with E-state index in [4.69, 9.17) is 5.73 Å². The zero-order valence-electron chi connectivity index (χ0n) is 8.00. The second-order valence-electron chi connectivity index (χ2n) is 3.68. The molecule has 14 heavy (non-hydrogen) atoms. The third-order valence-electron chi connectivity index (χ3n) is 2.61. The van der Waals surface area contributed by atoms with Gasteiger partial charge in [0, 0.05) is 10.1 Å². The molecular weight excluding hydrogens is 197 g/mol. The van der Waals surface area contributed by atoms with Crippen molar-refractivity contribution in [3.05, 3.63) is 24.0 Å². The SMILES string of the molecule is Nc1c(F)cccc1SC1CCCC1. The van der Waals surface area contributed by atoms with Gasteiger partial charge < -0.3 is 5.73 Å².